The summed E-state index contributed by atoms with van der Waals surface area (Å²) in [6, 6.07) is 21.6. The highest BCUT2D eigenvalue weighted by atomic mass is 16.5. The maximum Gasteiger partial charge on any atom is 0.0576 e. The van der Waals surface area contributed by atoms with Gasteiger partial charge >= 0.3 is 0 Å². The van der Waals surface area contributed by atoms with Gasteiger partial charge in [0, 0.05) is 13.2 Å². The Morgan fingerprint density at radius 1 is 0.952 bits per heavy atom. The van der Waals surface area contributed by atoms with Crippen LogP contribution < -0.4 is 5.32 Å². The number of hydrogen-bond acceptors (Lipinski definition) is 2. The number of benzene rings is 2. The van der Waals surface area contributed by atoms with E-state index in [1.807, 2.05) is 0 Å². The van der Waals surface area contributed by atoms with Gasteiger partial charge in [-0.05, 0) is 29.9 Å². The van der Waals surface area contributed by atoms with Gasteiger partial charge < -0.3 is 10.1 Å². The van der Waals surface area contributed by atoms with Gasteiger partial charge in [0.05, 0.1) is 12.6 Å². The number of ether oxygens (including phenoxy) is 1. The molecule has 0 radical (unpaired) electrons. The van der Waals surface area contributed by atoms with Gasteiger partial charge in [-0.1, -0.05) is 60.7 Å². The van der Waals surface area contributed by atoms with Crippen molar-refractivity contribution in [2.24, 2.45) is 5.92 Å². The van der Waals surface area contributed by atoms with Crippen LogP contribution in [0.4, 0.5) is 0 Å². The lowest BCUT2D eigenvalue weighted by Gasteiger charge is -2.26. The Morgan fingerprint density at radius 2 is 1.57 bits per heavy atom. The molecule has 0 saturated carbocycles. The number of nitrogens with one attached hydrogen (secondary N) is 1. The van der Waals surface area contributed by atoms with Crippen LogP contribution in [-0.4, -0.2) is 19.8 Å². The summed E-state index contributed by atoms with van der Waals surface area (Å²) in [4.78, 5) is 0. The molecule has 2 heteroatoms. The van der Waals surface area contributed by atoms with E-state index in [1.165, 1.54) is 24.0 Å². The van der Waals surface area contributed by atoms with E-state index in [9.17, 15) is 0 Å². The summed E-state index contributed by atoms with van der Waals surface area (Å²) in [7, 11) is 0. The number of rotatable bonds is 5. The molecule has 2 aromatic rings. The fourth-order valence-corrected chi connectivity index (χ4v) is 2.97. The van der Waals surface area contributed by atoms with Crippen LogP contribution >= 0.6 is 0 Å². The van der Waals surface area contributed by atoms with Gasteiger partial charge in [0.2, 0.25) is 0 Å². The van der Waals surface area contributed by atoms with Crippen molar-refractivity contribution >= 4 is 0 Å². The first kappa shape index (κ1) is 14.3. The lowest BCUT2D eigenvalue weighted by atomic mass is 9.96. The Bertz CT molecular complexity index is 480. The minimum atomic E-state index is 0.259. The predicted octanol–water partition coefficient (Wildman–Crippen LogP) is 3.79. The van der Waals surface area contributed by atoms with E-state index < -0.39 is 0 Å². The molecule has 3 rings (SSSR count). The summed E-state index contributed by atoms with van der Waals surface area (Å²) in [6.07, 6.45) is 2.46. The summed E-state index contributed by atoms with van der Waals surface area (Å²) in [5, 5.41) is 3.74. The molecule has 1 aliphatic heterocycles. The zero-order valence-corrected chi connectivity index (χ0v) is 12.4. The van der Waals surface area contributed by atoms with Gasteiger partial charge in [-0.15, -0.1) is 0 Å². The lowest BCUT2D eigenvalue weighted by Crippen LogP contribution is -2.32. The molecule has 0 bridgehead atoms. The fraction of sp³-hybridized carbons (Fsp3) is 0.368. The first-order valence-corrected chi connectivity index (χ1v) is 7.84. The third kappa shape index (κ3) is 3.93. The molecule has 1 N–H and O–H groups in total. The van der Waals surface area contributed by atoms with Gasteiger partial charge in [0.15, 0.2) is 0 Å². The second kappa shape index (κ2) is 7.39. The van der Waals surface area contributed by atoms with E-state index in [0.717, 1.165) is 19.8 Å². The monoisotopic (exact) mass is 281 g/mol. The molecule has 21 heavy (non-hydrogen) atoms. The Morgan fingerprint density at radius 3 is 2.10 bits per heavy atom. The van der Waals surface area contributed by atoms with E-state index in [-0.39, 0.29) is 6.04 Å². The first-order chi connectivity index (χ1) is 10.4. The van der Waals surface area contributed by atoms with Crippen molar-refractivity contribution in [3.8, 4) is 0 Å². The van der Waals surface area contributed by atoms with Crippen molar-refractivity contribution in [1.82, 2.24) is 5.32 Å². The maximum absolute atomic E-state index is 5.59. The van der Waals surface area contributed by atoms with Crippen molar-refractivity contribution in [2.75, 3.05) is 19.8 Å². The highest BCUT2D eigenvalue weighted by Gasteiger charge is 2.18. The second-order valence-electron chi connectivity index (χ2n) is 5.75. The van der Waals surface area contributed by atoms with Crippen molar-refractivity contribution < 1.29 is 4.74 Å². The predicted molar refractivity (Wildman–Crippen MR) is 86.3 cm³/mol. The van der Waals surface area contributed by atoms with Gasteiger partial charge in [0.1, 0.15) is 0 Å². The molecule has 0 aromatic heterocycles. The quantitative estimate of drug-likeness (QED) is 0.900. The molecule has 0 spiro atoms. The molecule has 110 valence electrons. The van der Waals surface area contributed by atoms with E-state index in [4.69, 9.17) is 4.74 Å². The fourth-order valence-electron chi connectivity index (χ4n) is 2.97. The zero-order chi connectivity index (χ0) is 14.3. The third-order valence-electron chi connectivity index (χ3n) is 4.13. The van der Waals surface area contributed by atoms with Crippen LogP contribution in [0.15, 0.2) is 60.7 Å². The van der Waals surface area contributed by atoms with E-state index in [1.54, 1.807) is 0 Å². The van der Waals surface area contributed by atoms with Gasteiger partial charge in [-0.2, -0.15) is 0 Å². The van der Waals surface area contributed by atoms with E-state index in [0.29, 0.717) is 5.92 Å². The molecule has 0 aliphatic carbocycles. The summed E-state index contributed by atoms with van der Waals surface area (Å²) >= 11 is 0. The second-order valence-corrected chi connectivity index (χ2v) is 5.75. The van der Waals surface area contributed by atoms with Crippen LogP contribution in [0, 0.1) is 5.92 Å². The third-order valence-corrected chi connectivity index (χ3v) is 4.13. The largest absolute Gasteiger partial charge is 0.381 e. The molecule has 1 atom stereocenters. The lowest BCUT2D eigenvalue weighted by molar-refractivity contribution is 0.0542. The topological polar surface area (TPSA) is 21.3 Å². The average molecular weight is 281 g/mol. The normalized spacial score (nSPS) is 18.8. The molecule has 2 nitrogen and oxygen atoms in total. The molecule has 1 heterocycles. The molecule has 1 unspecified atom stereocenters. The van der Waals surface area contributed by atoms with Gasteiger partial charge in [-0.3, -0.25) is 0 Å². The van der Waals surface area contributed by atoms with Crippen molar-refractivity contribution in [3.63, 3.8) is 0 Å². The Balaban J connectivity index is 1.73. The molecule has 1 aliphatic rings. The molecular weight excluding hydrogens is 258 g/mol. The van der Waals surface area contributed by atoms with E-state index in [2.05, 4.69) is 66.0 Å². The van der Waals surface area contributed by atoms with Gasteiger partial charge in [-0.25, -0.2) is 0 Å². The molecule has 1 fully saturated rings. The Labute approximate surface area is 127 Å². The first-order valence-electron chi connectivity index (χ1n) is 7.84. The summed E-state index contributed by atoms with van der Waals surface area (Å²) in [5.74, 6) is 0.633. The SMILES string of the molecule is c1ccc(C(NCC2CCCOC2)c2ccccc2)cc1. The summed E-state index contributed by atoms with van der Waals surface area (Å²) in [6.45, 7) is 2.83. The highest BCUT2D eigenvalue weighted by molar-refractivity contribution is 5.31. The van der Waals surface area contributed by atoms with Crippen molar-refractivity contribution in [2.45, 2.75) is 18.9 Å². The molecular formula is C19H23NO. The van der Waals surface area contributed by atoms with Crippen molar-refractivity contribution in [3.05, 3.63) is 71.8 Å². The van der Waals surface area contributed by atoms with Crippen LogP contribution in [-0.2, 0) is 4.74 Å². The summed E-state index contributed by atoms with van der Waals surface area (Å²) in [5.41, 5.74) is 2.64. The van der Waals surface area contributed by atoms with Crippen LogP contribution in [0.3, 0.4) is 0 Å². The molecule has 0 amide bonds. The smallest absolute Gasteiger partial charge is 0.0576 e. The Hall–Kier alpha value is -1.64. The standard InChI is InChI=1S/C19H23NO/c1-3-9-17(10-4-1)19(18-11-5-2-6-12-18)20-14-16-8-7-13-21-15-16/h1-6,9-12,16,19-20H,7-8,13-15H2. The van der Waals surface area contributed by atoms with Crippen LogP contribution in [0.25, 0.3) is 0 Å². The zero-order valence-electron chi connectivity index (χ0n) is 12.4. The van der Waals surface area contributed by atoms with Crippen LogP contribution in [0.2, 0.25) is 0 Å². The minimum Gasteiger partial charge on any atom is -0.381 e. The Kier molecular flexibility index (Phi) is 5.03. The van der Waals surface area contributed by atoms with Crippen LogP contribution in [0.5, 0.6) is 0 Å². The maximum atomic E-state index is 5.59. The molecule has 2 aromatic carbocycles. The van der Waals surface area contributed by atoms with Crippen molar-refractivity contribution in [1.29, 1.82) is 0 Å². The van der Waals surface area contributed by atoms with Gasteiger partial charge in [0.25, 0.3) is 0 Å². The highest BCUT2D eigenvalue weighted by Crippen LogP contribution is 2.23. The van der Waals surface area contributed by atoms with Crippen LogP contribution in [0.1, 0.15) is 30.0 Å². The molecule has 1 saturated heterocycles. The average Bonchev–Trinajstić information content (AvgIpc) is 2.58. The van der Waals surface area contributed by atoms with E-state index >= 15 is 0 Å². The summed E-state index contributed by atoms with van der Waals surface area (Å²) < 4.78 is 5.59. The number of hydrogen-bond donors (Lipinski definition) is 1. The minimum absolute atomic E-state index is 0.259.